The van der Waals surface area contributed by atoms with Gasteiger partial charge in [-0.1, -0.05) is 18.2 Å². The summed E-state index contributed by atoms with van der Waals surface area (Å²) in [5, 5.41) is 0. The van der Waals surface area contributed by atoms with Crippen molar-refractivity contribution in [1.82, 2.24) is 9.80 Å². The van der Waals surface area contributed by atoms with E-state index in [-0.39, 0.29) is 5.91 Å². The average Bonchev–Trinajstić information content (AvgIpc) is 2.54. The fraction of sp³-hybridized carbons (Fsp3) is 0.471. The van der Waals surface area contributed by atoms with Crippen molar-refractivity contribution in [2.45, 2.75) is 12.8 Å². The first-order chi connectivity index (χ1) is 10.2. The Balaban J connectivity index is 1.75. The third-order valence-electron chi connectivity index (χ3n) is 3.90. The molecule has 114 valence electrons. The molecule has 4 nitrogen and oxygen atoms in total. The van der Waals surface area contributed by atoms with Gasteiger partial charge in [0.2, 0.25) is 5.91 Å². The number of hydrogen-bond acceptors (Lipinski definition) is 3. The molecule has 21 heavy (non-hydrogen) atoms. The predicted octanol–water partition coefficient (Wildman–Crippen LogP) is 1.96. The summed E-state index contributed by atoms with van der Waals surface area (Å²) in [6.45, 7) is 8.21. The zero-order valence-electron chi connectivity index (χ0n) is 12.8. The van der Waals surface area contributed by atoms with Crippen LogP contribution in [0.2, 0.25) is 0 Å². The highest BCUT2D eigenvalue weighted by Gasteiger charge is 2.19. The molecule has 1 saturated heterocycles. The summed E-state index contributed by atoms with van der Waals surface area (Å²) in [6, 6.07) is 7.92. The Hall–Kier alpha value is -1.81. The molecule has 0 saturated carbocycles. The summed E-state index contributed by atoms with van der Waals surface area (Å²) >= 11 is 0. The predicted molar refractivity (Wildman–Crippen MR) is 84.5 cm³/mol. The van der Waals surface area contributed by atoms with E-state index in [4.69, 9.17) is 4.74 Å². The van der Waals surface area contributed by atoms with Crippen LogP contribution in [-0.4, -0.2) is 55.5 Å². The van der Waals surface area contributed by atoms with Gasteiger partial charge in [-0.05, 0) is 24.1 Å². The minimum absolute atomic E-state index is 0.254. The molecule has 0 atom stereocenters. The highest BCUT2D eigenvalue weighted by molar-refractivity contribution is 5.76. The molecule has 0 aliphatic carbocycles. The van der Waals surface area contributed by atoms with Crippen LogP contribution in [0.5, 0.6) is 5.75 Å². The summed E-state index contributed by atoms with van der Waals surface area (Å²) < 4.78 is 5.13. The van der Waals surface area contributed by atoms with Crippen molar-refractivity contribution in [2.24, 2.45) is 0 Å². The molecule has 1 aliphatic rings. The van der Waals surface area contributed by atoms with E-state index in [2.05, 4.69) is 11.5 Å². The minimum Gasteiger partial charge on any atom is -0.497 e. The molecule has 0 bridgehead atoms. The van der Waals surface area contributed by atoms with Gasteiger partial charge in [0.05, 0.1) is 7.11 Å². The molecule has 1 heterocycles. The molecule has 1 aromatic carbocycles. The number of rotatable bonds is 6. The smallest absolute Gasteiger partial charge is 0.222 e. The number of nitrogens with zero attached hydrogens (tertiary/aromatic N) is 2. The molecule has 4 heteroatoms. The van der Waals surface area contributed by atoms with E-state index < -0.39 is 0 Å². The normalized spacial score (nSPS) is 15.8. The van der Waals surface area contributed by atoms with Gasteiger partial charge in [-0.15, -0.1) is 6.58 Å². The fourth-order valence-corrected chi connectivity index (χ4v) is 2.56. The second-order valence-corrected chi connectivity index (χ2v) is 5.32. The number of amides is 1. The highest BCUT2D eigenvalue weighted by atomic mass is 16.5. The first-order valence-electron chi connectivity index (χ1n) is 7.47. The number of ether oxygens (including phenoxy) is 1. The van der Waals surface area contributed by atoms with Crippen molar-refractivity contribution in [3.8, 4) is 5.75 Å². The Morgan fingerprint density at radius 2 is 1.90 bits per heavy atom. The Morgan fingerprint density at radius 1 is 1.24 bits per heavy atom. The number of carbonyl (C=O) groups is 1. The molecule has 0 spiro atoms. The maximum atomic E-state index is 12.2. The quantitative estimate of drug-likeness (QED) is 0.750. The van der Waals surface area contributed by atoms with Crippen LogP contribution in [0.1, 0.15) is 12.0 Å². The Bertz CT molecular complexity index is 462. The van der Waals surface area contributed by atoms with Crippen LogP contribution >= 0.6 is 0 Å². The molecule has 1 fully saturated rings. The van der Waals surface area contributed by atoms with Gasteiger partial charge in [0.1, 0.15) is 5.75 Å². The lowest BCUT2D eigenvalue weighted by atomic mass is 10.1. The minimum atomic E-state index is 0.254. The van der Waals surface area contributed by atoms with Gasteiger partial charge >= 0.3 is 0 Å². The summed E-state index contributed by atoms with van der Waals surface area (Å²) in [7, 11) is 1.66. The lowest BCUT2D eigenvalue weighted by molar-refractivity contribution is -0.132. The molecule has 1 aromatic rings. The van der Waals surface area contributed by atoms with E-state index in [0.29, 0.717) is 6.42 Å². The van der Waals surface area contributed by atoms with E-state index in [1.165, 1.54) is 5.56 Å². The Morgan fingerprint density at radius 3 is 2.48 bits per heavy atom. The van der Waals surface area contributed by atoms with Crippen molar-refractivity contribution in [1.29, 1.82) is 0 Å². The van der Waals surface area contributed by atoms with Crippen LogP contribution in [0.25, 0.3) is 0 Å². The van der Waals surface area contributed by atoms with Gasteiger partial charge in [0.15, 0.2) is 0 Å². The molecular formula is C17H24N2O2. The lowest BCUT2D eigenvalue weighted by Crippen LogP contribution is -2.48. The van der Waals surface area contributed by atoms with Gasteiger partial charge < -0.3 is 9.64 Å². The molecule has 2 rings (SSSR count). The van der Waals surface area contributed by atoms with Gasteiger partial charge in [0.25, 0.3) is 0 Å². The van der Waals surface area contributed by atoms with E-state index >= 15 is 0 Å². The lowest BCUT2D eigenvalue weighted by Gasteiger charge is -2.34. The van der Waals surface area contributed by atoms with E-state index in [9.17, 15) is 4.79 Å². The summed E-state index contributed by atoms with van der Waals surface area (Å²) in [4.78, 5) is 16.5. The standard InChI is InChI=1S/C17H24N2O2/c1-3-10-18-11-13-19(14-12-18)17(20)9-6-15-4-7-16(21-2)8-5-15/h3-5,7-8H,1,6,9-14H2,2H3. The number of carbonyl (C=O) groups excluding carboxylic acids is 1. The van der Waals surface area contributed by atoms with Crippen LogP contribution in [0.4, 0.5) is 0 Å². The van der Waals surface area contributed by atoms with Crippen molar-refractivity contribution in [3.63, 3.8) is 0 Å². The fourth-order valence-electron chi connectivity index (χ4n) is 2.56. The number of benzene rings is 1. The molecule has 1 aliphatic heterocycles. The van der Waals surface area contributed by atoms with E-state index in [1.807, 2.05) is 35.2 Å². The number of hydrogen-bond donors (Lipinski definition) is 0. The summed E-state index contributed by atoms with van der Waals surface area (Å²) in [5.41, 5.74) is 1.18. The molecular weight excluding hydrogens is 264 g/mol. The van der Waals surface area contributed by atoms with Crippen molar-refractivity contribution in [3.05, 3.63) is 42.5 Å². The van der Waals surface area contributed by atoms with Crippen LogP contribution in [0, 0.1) is 0 Å². The monoisotopic (exact) mass is 288 g/mol. The van der Waals surface area contributed by atoms with Crippen molar-refractivity contribution >= 4 is 5.91 Å². The molecule has 0 radical (unpaired) electrons. The first-order valence-corrected chi connectivity index (χ1v) is 7.47. The van der Waals surface area contributed by atoms with Crippen LogP contribution in [0.3, 0.4) is 0 Å². The summed E-state index contributed by atoms with van der Waals surface area (Å²) in [6.07, 6.45) is 3.28. The molecule has 0 unspecified atom stereocenters. The van der Waals surface area contributed by atoms with Gasteiger partial charge in [-0.3, -0.25) is 9.69 Å². The first kappa shape index (κ1) is 15.6. The zero-order chi connectivity index (χ0) is 15.1. The van der Waals surface area contributed by atoms with Gasteiger partial charge in [-0.2, -0.15) is 0 Å². The Labute approximate surface area is 127 Å². The number of piperazine rings is 1. The number of methoxy groups -OCH3 is 1. The zero-order valence-corrected chi connectivity index (χ0v) is 12.8. The highest BCUT2D eigenvalue weighted by Crippen LogP contribution is 2.13. The van der Waals surface area contributed by atoms with Crippen LogP contribution in [0.15, 0.2) is 36.9 Å². The third kappa shape index (κ3) is 4.60. The molecule has 1 amide bonds. The topological polar surface area (TPSA) is 32.8 Å². The molecule has 0 N–H and O–H groups in total. The van der Waals surface area contributed by atoms with Gasteiger partial charge in [0, 0.05) is 39.1 Å². The Kier molecular flexibility index (Phi) is 5.81. The average molecular weight is 288 g/mol. The maximum Gasteiger partial charge on any atom is 0.222 e. The van der Waals surface area contributed by atoms with E-state index in [1.54, 1.807) is 7.11 Å². The van der Waals surface area contributed by atoms with Gasteiger partial charge in [-0.25, -0.2) is 0 Å². The van der Waals surface area contributed by atoms with Crippen LogP contribution in [-0.2, 0) is 11.2 Å². The van der Waals surface area contributed by atoms with E-state index in [0.717, 1.165) is 44.9 Å². The molecule has 0 aromatic heterocycles. The van der Waals surface area contributed by atoms with Crippen LogP contribution < -0.4 is 4.74 Å². The third-order valence-corrected chi connectivity index (χ3v) is 3.90. The number of aryl methyl sites for hydroxylation is 1. The van der Waals surface area contributed by atoms with Crippen molar-refractivity contribution < 1.29 is 9.53 Å². The summed E-state index contributed by atoms with van der Waals surface area (Å²) in [5.74, 6) is 1.10. The van der Waals surface area contributed by atoms with Crippen molar-refractivity contribution in [2.75, 3.05) is 39.8 Å². The SMILES string of the molecule is C=CCN1CCN(C(=O)CCc2ccc(OC)cc2)CC1. The second-order valence-electron chi connectivity index (χ2n) is 5.32. The largest absolute Gasteiger partial charge is 0.497 e. The maximum absolute atomic E-state index is 12.2. The second kappa shape index (κ2) is 7.84.